The van der Waals surface area contributed by atoms with Crippen LogP contribution in [0.4, 0.5) is 4.39 Å². The van der Waals surface area contributed by atoms with Gasteiger partial charge in [-0.05, 0) is 25.2 Å². The van der Waals surface area contributed by atoms with Gasteiger partial charge in [0.15, 0.2) is 17.3 Å². The van der Waals surface area contributed by atoms with E-state index in [1.807, 2.05) is 0 Å². The van der Waals surface area contributed by atoms with Gasteiger partial charge < -0.3 is 10.1 Å². The van der Waals surface area contributed by atoms with Crippen molar-refractivity contribution in [2.45, 2.75) is 24.9 Å². The van der Waals surface area contributed by atoms with Gasteiger partial charge in [0.1, 0.15) is 5.60 Å². The van der Waals surface area contributed by atoms with Gasteiger partial charge in [-0.1, -0.05) is 6.07 Å². The molecular weight excluding hydrogens is 221 g/mol. The van der Waals surface area contributed by atoms with Crippen molar-refractivity contribution < 1.29 is 13.9 Å². The molecule has 1 aromatic carbocycles. The normalized spacial score (nSPS) is 22.1. The first kappa shape index (κ1) is 10.7. The minimum atomic E-state index is -0.489. The van der Waals surface area contributed by atoms with Crippen LogP contribution in [0.1, 0.15) is 29.6 Å². The molecule has 0 aromatic heterocycles. The number of para-hydroxylation sites is 1. The lowest BCUT2D eigenvalue weighted by Gasteiger charge is -2.40. The maximum Gasteiger partial charge on any atom is 0.170 e. The maximum absolute atomic E-state index is 13.7. The summed E-state index contributed by atoms with van der Waals surface area (Å²) in [7, 11) is 0. The summed E-state index contributed by atoms with van der Waals surface area (Å²) in [5.74, 6) is -0.299. The molecule has 0 aliphatic carbocycles. The van der Waals surface area contributed by atoms with Gasteiger partial charge in [0.25, 0.3) is 0 Å². The fraction of sp³-hybridized carbons (Fsp3) is 0.462. The van der Waals surface area contributed by atoms with Crippen LogP contribution in [0, 0.1) is 5.82 Å². The Morgan fingerprint density at radius 2 is 2.06 bits per heavy atom. The number of Topliss-reactive ketones (excluding diaryl/α,β-unsaturated/α-hetero) is 1. The topological polar surface area (TPSA) is 38.3 Å². The zero-order valence-electron chi connectivity index (χ0n) is 9.46. The number of piperidine rings is 1. The Balaban J connectivity index is 2.02. The van der Waals surface area contributed by atoms with Crippen LogP contribution in [0.2, 0.25) is 0 Å². The highest BCUT2D eigenvalue weighted by molar-refractivity contribution is 6.00. The van der Waals surface area contributed by atoms with Crippen molar-refractivity contribution in [3.05, 3.63) is 29.6 Å². The van der Waals surface area contributed by atoms with Gasteiger partial charge in [-0.25, -0.2) is 4.39 Å². The van der Waals surface area contributed by atoms with Crippen LogP contribution in [0.15, 0.2) is 18.2 Å². The molecule has 1 N–H and O–H groups in total. The van der Waals surface area contributed by atoms with E-state index in [-0.39, 0.29) is 11.5 Å². The van der Waals surface area contributed by atoms with Crippen molar-refractivity contribution in [3.63, 3.8) is 0 Å². The first-order chi connectivity index (χ1) is 8.20. The first-order valence-electron chi connectivity index (χ1n) is 5.92. The molecule has 0 unspecified atom stereocenters. The molecule has 0 amide bonds. The lowest BCUT2D eigenvalue weighted by molar-refractivity contribution is 0.0155. The van der Waals surface area contributed by atoms with Crippen molar-refractivity contribution in [2.75, 3.05) is 13.1 Å². The summed E-state index contributed by atoms with van der Waals surface area (Å²) in [6.45, 7) is 1.63. The van der Waals surface area contributed by atoms with E-state index >= 15 is 0 Å². The molecule has 3 nitrogen and oxygen atoms in total. The van der Waals surface area contributed by atoms with E-state index in [9.17, 15) is 9.18 Å². The van der Waals surface area contributed by atoms with Crippen LogP contribution >= 0.6 is 0 Å². The smallest absolute Gasteiger partial charge is 0.170 e. The molecular formula is C13H14FNO2. The molecule has 90 valence electrons. The van der Waals surface area contributed by atoms with Crippen molar-refractivity contribution >= 4 is 5.78 Å². The molecule has 17 heavy (non-hydrogen) atoms. The fourth-order valence-electron chi connectivity index (χ4n) is 2.63. The van der Waals surface area contributed by atoms with E-state index in [1.54, 1.807) is 12.1 Å². The predicted molar refractivity (Wildman–Crippen MR) is 60.8 cm³/mol. The Morgan fingerprint density at radius 1 is 1.29 bits per heavy atom. The lowest BCUT2D eigenvalue weighted by Crippen LogP contribution is -2.49. The number of benzene rings is 1. The molecule has 0 radical (unpaired) electrons. The largest absolute Gasteiger partial charge is 0.483 e. The van der Waals surface area contributed by atoms with Gasteiger partial charge >= 0.3 is 0 Å². The zero-order chi connectivity index (χ0) is 11.9. The molecule has 2 aliphatic heterocycles. The van der Waals surface area contributed by atoms with Gasteiger partial charge in [0.05, 0.1) is 12.0 Å². The third-order valence-corrected chi connectivity index (χ3v) is 3.58. The molecule has 0 bridgehead atoms. The lowest BCUT2D eigenvalue weighted by atomic mass is 9.83. The monoisotopic (exact) mass is 235 g/mol. The van der Waals surface area contributed by atoms with Gasteiger partial charge in [0, 0.05) is 12.8 Å². The van der Waals surface area contributed by atoms with E-state index in [4.69, 9.17) is 4.74 Å². The van der Waals surface area contributed by atoms with Crippen LogP contribution in [-0.2, 0) is 0 Å². The van der Waals surface area contributed by atoms with Crippen LogP contribution in [0.25, 0.3) is 0 Å². The Kier molecular flexibility index (Phi) is 2.40. The second-order valence-corrected chi connectivity index (χ2v) is 4.75. The summed E-state index contributed by atoms with van der Waals surface area (Å²) in [5.41, 5.74) is -0.105. The number of ether oxygens (including phenoxy) is 1. The highest BCUT2D eigenvalue weighted by Gasteiger charge is 2.42. The highest BCUT2D eigenvalue weighted by atomic mass is 19.1. The average molecular weight is 235 g/mol. The molecule has 1 aromatic rings. The van der Waals surface area contributed by atoms with Crippen LogP contribution in [-0.4, -0.2) is 24.5 Å². The number of rotatable bonds is 0. The zero-order valence-corrected chi connectivity index (χ0v) is 9.46. The Bertz CT molecular complexity index is 466. The van der Waals surface area contributed by atoms with E-state index in [0.29, 0.717) is 12.0 Å². The molecule has 1 fully saturated rings. The second kappa shape index (κ2) is 3.81. The third kappa shape index (κ3) is 1.72. The molecule has 1 spiro atoms. The summed E-state index contributed by atoms with van der Waals surface area (Å²) >= 11 is 0. The summed E-state index contributed by atoms with van der Waals surface area (Å²) in [4.78, 5) is 12.0. The molecule has 0 atom stereocenters. The summed E-state index contributed by atoms with van der Waals surface area (Å²) in [5, 5.41) is 3.22. The van der Waals surface area contributed by atoms with Crippen molar-refractivity contribution in [1.82, 2.24) is 5.32 Å². The second-order valence-electron chi connectivity index (χ2n) is 4.75. The van der Waals surface area contributed by atoms with Gasteiger partial charge in [-0.3, -0.25) is 4.79 Å². The molecule has 0 saturated carbocycles. The van der Waals surface area contributed by atoms with E-state index in [1.165, 1.54) is 6.07 Å². The minimum absolute atomic E-state index is 0.00681. The molecule has 2 heterocycles. The fourth-order valence-corrected chi connectivity index (χ4v) is 2.63. The standard InChI is InChI=1S/C13H14FNO2/c14-10-3-1-2-9-11(16)8-13(17-12(9)10)4-6-15-7-5-13/h1-3,15H,4-8H2. The molecule has 3 rings (SSSR count). The van der Waals surface area contributed by atoms with Crippen molar-refractivity contribution in [2.24, 2.45) is 0 Å². The Hall–Kier alpha value is -1.42. The molecule has 1 saturated heterocycles. The van der Waals surface area contributed by atoms with E-state index in [0.717, 1.165) is 25.9 Å². The first-order valence-corrected chi connectivity index (χ1v) is 5.92. The number of carbonyl (C=O) groups excluding carboxylic acids is 1. The quantitative estimate of drug-likeness (QED) is 0.746. The van der Waals surface area contributed by atoms with Crippen molar-refractivity contribution in [1.29, 1.82) is 0 Å². The Morgan fingerprint density at radius 3 is 2.82 bits per heavy atom. The molecule has 2 aliphatic rings. The number of ketones is 1. The summed E-state index contributed by atoms with van der Waals surface area (Å²) < 4.78 is 19.5. The summed E-state index contributed by atoms with van der Waals surface area (Å²) in [6.07, 6.45) is 1.88. The van der Waals surface area contributed by atoms with E-state index < -0.39 is 11.4 Å². The number of halogens is 1. The van der Waals surface area contributed by atoms with Crippen LogP contribution in [0.3, 0.4) is 0 Å². The molecule has 4 heteroatoms. The number of hydrogen-bond acceptors (Lipinski definition) is 3. The van der Waals surface area contributed by atoms with Crippen LogP contribution in [0.5, 0.6) is 5.75 Å². The number of carbonyl (C=O) groups is 1. The maximum atomic E-state index is 13.7. The van der Waals surface area contributed by atoms with Crippen molar-refractivity contribution in [3.8, 4) is 5.75 Å². The number of hydrogen-bond donors (Lipinski definition) is 1. The van der Waals surface area contributed by atoms with Crippen LogP contribution < -0.4 is 10.1 Å². The number of nitrogens with one attached hydrogen (secondary N) is 1. The van der Waals surface area contributed by atoms with Gasteiger partial charge in [-0.15, -0.1) is 0 Å². The van der Waals surface area contributed by atoms with Gasteiger partial charge in [0.2, 0.25) is 0 Å². The Labute approximate surface area is 99.0 Å². The van der Waals surface area contributed by atoms with Gasteiger partial charge in [-0.2, -0.15) is 0 Å². The average Bonchev–Trinajstić information content (AvgIpc) is 2.32. The number of fused-ring (bicyclic) bond motifs is 1. The minimum Gasteiger partial charge on any atom is -0.483 e. The highest BCUT2D eigenvalue weighted by Crippen LogP contribution is 2.39. The third-order valence-electron chi connectivity index (χ3n) is 3.58. The van der Waals surface area contributed by atoms with E-state index in [2.05, 4.69) is 5.32 Å². The SMILES string of the molecule is O=C1CC2(CCNCC2)Oc2c(F)cccc21. The summed E-state index contributed by atoms with van der Waals surface area (Å²) in [6, 6.07) is 4.52. The predicted octanol–water partition coefficient (Wildman–Crippen LogP) is 1.91.